The molecule has 1 aromatic heterocycles. The molecule has 3 heteroatoms. The van der Waals surface area contributed by atoms with E-state index in [0.717, 1.165) is 17.2 Å². The van der Waals surface area contributed by atoms with E-state index in [4.69, 9.17) is 5.73 Å². The van der Waals surface area contributed by atoms with Crippen LogP contribution in [0.4, 0.5) is 0 Å². The standard InChI is InChI=1S/C17H17NOS/c18-10-9-15(17-6-3-11-20-17)13-7-8-16(19)14-5-2-1-4-12(13)14/h1-8,11,15,19H,9-10,18H2. The molecule has 102 valence electrons. The van der Waals surface area contributed by atoms with E-state index < -0.39 is 0 Å². The molecular weight excluding hydrogens is 266 g/mol. The quantitative estimate of drug-likeness (QED) is 0.757. The highest BCUT2D eigenvalue weighted by Crippen LogP contribution is 2.37. The predicted molar refractivity (Wildman–Crippen MR) is 85.4 cm³/mol. The van der Waals surface area contributed by atoms with E-state index in [2.05, 4.69) is 23.6 Å². The maximum absolute atomic E-state index is 10.0. The van der Waals surface area contributed by atoms with Crippen LogP contribution in [0.1, 0.15) is 22.8 Å². The van der Waals surface area contributed by atoms with Gasteiger partial charge in [0.2, 0.25) is 0 Å². The van der Waals surface area contributed by atoms with Crippen LogP contribution in [0.5, 0.6) is 5.75 Å². The van der Waals surface area contributed by atoms with Crippen LogP contribution >= 0.6 is 11.3 Å². The van der Waals surface area contributed by atoms with Gasteiger partial charge >= 0.3 is 0 Å². The molecule has 2 aromatic carbocycles. The van der Waals surface area contributed by atoms with Gasteiger partial charge in [-0.05, 0) is 41.4 Å². The molecule has 3 rings (SSSR count). The third-order valence-corrected chi connectivity index (χ3v) is 4.64. The Bertz CT molecular complexity index is 706. The van der Waals surface area contributed by atoms with Crippen LogP contribution in [0.2, 0.25) is 0 Å². The van der Waals surface area contributed by atoms with E-state index in [1.165, 1.54) is 10.4 Å². The summed E-state index contributed by atoms with van der Waals surface area (Å²) >= 11 is 1.76. The molecule has 0 radical (unpaired) electrons. The van der Waals surface area contributed by atoms with Gasteiger partial charge in [-0.3, -0.25) is 0 Å². The number of hydrogen-bond acceptors (Lipinski definition) is 3. The van der Waals surface area contributed by atoms with Crippen molar-refractivity contribution in [2.45, 2.75) is 12.3 Å². The topological polar surface area (TPSA) is 46.2 Å². The number of nitrogens with two attached hydrogens (primary N) is 1. The van der Waals surface area contributed by atoms with E-state index in [9.17, 15) is 5.11 Å². The Morgan fingerprint density at radius 3 is 2.50 bits per heavy atom. The number of aromatic hydroxyl groups is 1. The van der Waals surface area contributed by atoms with Crippen molar-refractivity contribution >= 4 is 22.1 Å². The molecule has 0 aliphatic rings. The lowest BCUT2D eigenvalue weighted by molar-refractivity contribution is 0.481. The SMILES string of the molecule is NCCC(c1cccs1)c1ccc(O)c2ccccc12. The van der Waals surface area contributed by atoms with Crippen LogP contribution in [-0.4, -0.2) is 11.7 Å². The van der Waals surface area contributed by atoms with Crippen molar-refractivity contribution in [3.8, 4) is 5.75 Å². The first-order chi connectivity index (χ1) is 9.81. The summed E-state index contributed by atoms with van der Waals surface area (Å²) in [6.07, 6.45) is 0.912. The summed E-state index contributed by atoms with van der Waals surface area (Å²) in [5.74, 6) is 0.632. The zero-order valence-electron chi connectivity index (χ0n) is 11.1. The van der Waals surface area contributed by atoms with Gasteiger partial charge in [0.25, 0.3) is 0 Å². The molecule has 3 aromatic rings. The fourth-order valence-electron chi connectivity index (χ4n) is 2.72. The minimum atomic E-state index is 0.297. The molecule has 1 unspecified atom stereocenters. The Kier molecular flexibility index (Phi) is 3.72. The van der Waals surface area contributed by atoms with Crippen LogP contribution in [0.3, 0.4) is 0 Å². The fraction of sp³-hybridized carbons (Fsp3) is 0.176. The van der Waals surface area contributed by atoms with Gasteiger partial charge in [-0.1, -0.05) is 36.4 Å². The van der Waals surface area contributed by atoms with Gasteiger partial charge in [0.05, 0.1) is 0 Å². The van der Waals surface area contributed by atoms with Crippen molar-refractivity contribution in [3.05, 3.63) is 64.4 Å². The first-order valence-corrected chi connectivity index (χ1v) is 7.63. The molecule has 1 heterocycles. The van der Waals surface area contributed by atoms with Crippen LogP contribution in [0.15, 0.2) is 53.9 Å². The highest BCUT2D eigenvalue weighted by Gasteiger charge is 2.17. The maximum Gasteiger partial charge on any atom is 0.123 e. The molecule has 0 spiro atoms. The molecule has 0 amide bonds. The summed E-state index contributed by atoms with van der Waals surface area (Å²) in [6.45, 7) is 0.651. The van der Waals surface area contributed by atoms with Gasteiger partial charge in [0, 0.05) is 16.2 Å². The number of thiophene rings is 1. The second-order valence-electron chi connectivity index (χ2n) is 4.86. The zero-order valence-corrected chi connectivity index (χ0v) is 11.9. The molecule has 0 fully saturated rings. The number of phenols is 1. The highest BCUT2D eigenvalue weighted by atomic mass is 32.1. The van der Waals surface area contributed by atoms with Gasteiger partial charge in [0.1, 0.15) is 5.75 Å². The summed E-state index contributed by atoms with van der Waals surface area (Å²) in [5.41, 5.74) is 7.04. The van der Waals surface area contributed by atoms with Crippen molar-refractivity contribution in [1.29, 1.82) is 0 Å². The molecule has 20 heavy (non-hydrogen) atoms. The normalized spacial score (nSPS) is 12.7. The molecule has 0 aliphatic heterocycles. The largest absolute Gasteiger partial charge is 0.507 e. The highest BCUT2D eigenvalue weighted by molar-refractivity contribution is 7.10. The summed E-state index contributed by atoms with van der Waals surface area (Å²) in [5, 5.41) is 14.1. The average Bonchev–Trinajstić information content (AvgIpc) is 3.00. The van der Waals surface area contributed by atoms with Gasteiger partial charge in [-0.15, -0.1) is 11.3 Å². The van der Waals surface area contributed by atoms with Crippen LogP contribution in [0.25, 0.3) is 10.8 Å². The van der Waals surface area contributed by atoms with E-state index >= 15 is 0 Å². The monoisotopic (exact) mass is 283 g/mol. The van der Waals surface area contributed by atoms with Gasteiger partial charge < -0.3 is 10.8 Å². The Hall–Kier alpha value is -1.84. The van der Waals surface area contributed by atoms with Crippen molar-refractivity contribution in [2.75, 3.05) is 6.54 Å². The molecule has 1 atom stereocenters. The Balaban J connectivity index is 2.19. The van der Waals surface area contributed by atoms with Crippen molar-refractivity contribution in [2.24, 2.45) is 5.73 Å². The summed E-state index contributed by atoms with van der Waals surface area (Å²) in [6, 6.07) is 16.0. The number of rotatable bonds is 4. The molecule has 0 saturated heterocycles. The van der Waals surface area contributed by atoms with E-state index in [1.54, 1.807) is 17.4 Å². The van der Waals surface area contributed by atoms with Gasteiger partial charge in [-0.2, -0.15) is 0 Å². The molecule has 0 bridgehead atoms. The average molecular weight is 283 g/mol. The predicted octanol–water partition coefficient (Wildman–Crippen LogP) is 4.09. The second-order valence-corrected chi connectivity index (χ2v) is 5.84. The van der Waals surface area contributed by atoms with Crippen molar-refractivity contribution in [3.63, 3.8) is 0 Å². The number of phenolic OH excluding ortho intramolecular Hbond substituents is 1. The van der Waals surface area contributed by atoms with Crippen LogP contribution < -0.4 is 5.73 Å². The Labute approximate surface area is 122 Å². The van der Waals surface area contributed by atoms with Crippen molar-refractivity contribution in [1.82, 2.24) is 0 Å². The molecular formula is C17H17NOS. The third-order valence-electron chi connectivity index (χ3n) is 3.65. The zero-order chi connectivity index (χ0) is 13.9. The third kappa shape index (κ3) is 2.30. The molecule has 3 N–H and O–H groups in total. The van der Waals surface area contributed by atoms with E-state index in [1.807, 2.05) is 24.3 Å². The first kappa shape index (κ1) is 13.2. The van der Waals surface area contributed by atoms with E-state index in [0.29, 0.717) is 18.2 Å². The number of benzene rings is 2. The first-order valence-electron chi connectivity index (χ1n) is 6.75. The van der Waals surface area contributed by atoms with Gasteiger partial charge in [0.15, 0.2) is 0 Å². The minimum Gasteiger partial charge on any atom is -0.507 e. The minimum absolute atomic E-state index is 0.297. The lowest BCUT2D eigenvalue weighted by Gasteiger charge is -2.18. The summed E-state index contributed by atoms with van der Waals surface area (Å²) in [4.78, 5) is 1.33. The van der Waals surface area contributed by atoms with Crippen LogP contribution in [0, 0.1) is 0 Å². The molecule has 0 aliphatic carbocycles. The summed E-state index contributed by atoms with van der Waals surface area (Å²) < 4.78 is 0. The number of hydrogen-bond donors (Lipinski definition) is 2. The fourth-order valence-corrected chi connectivity index (χ4v) is 3.60. The molecule has 2 nitrogen and oxygen atoms in total. The molecule has 0 saturated carbocycles. The number of fused-ring (bicyclic) bond motifs is 1. The lowest BCUT2D eigenvalue weighted by Crippen LogP contribution is -2.08. The Morgan fingerprint density at radius 1 is 1.00 bits per heavy atom. The van der Waals surface area contributed by atoms with Crippen LogP contribution in [-0.2, 0) is 0 Å². The van der Waals surface area contributed by atoms with E-state index in [-0.39, 0.29) is 0 Å². The lowest BCUT2D eigenvalue weighted by atomic mass is 9.89. The van der Waals surface area contributed by atoms with Gasteiger partial charge in [-0.25, -0.2) is 0 Å². The van der Waals surface area contributed by atoms with Crippen molar-refractivity contribution < 1.29 is 5.11 Å². The Morgan fingerprint density at radius 2 is 1.80 bits per heavy atom. The summed E-state index contributed by atoms with van der Waals surface area (Å²) in [7, 11) is 0. The second kappa shape index (κ2) is 5.65. The maximum atomic E-state index is 10.0. The smallest absolute Gasteiger partial charge is 0.123 e.